The van der Waals surface area contributed by atoms with Crippen molar-refractivity contribution in [1.82, 2.24) is 9.88 Å². The molecule has 2 heterocycles. The lowest BCUT2D eigenvalue weighted by Gasteiger charge is -2.16. The van der Waals surface area contributed by atoms with E-state index in [0.29, 0.717) is 5.96 Å². The third kappa shape index (κ3) is 3.06. The first-order valence-corrected chi connectivity index (χ1v) is 6.57. The molecule has 2 aromatic rings. The molecule has 0 bridgehead atoms. The number of hydrogen-bond donors (Lipinski definition) is 0. The van der Waals surface area contributed by atoms with Gasteiger partial charge in [-0.3, -0.25) is 4.98 Å². The number of benzene rings is 1. The maximum Gasteiger partial charge on any atom is 0.241 e. The Morgan fingerprint density at radius 3 is 2.75 bits per heavy atom. The van der Waals surface area contributed by atoms with Gasteiger partial charge < -0.3 is 4.90 Å². The van der Waals surface area contributed by atoms with Crippen molar-refractivity contribution in [1.29, 1.82) is 0 Å². The predicted molar refractivity (Wildman–Crippen MR) is 77.9 cm³/mol. The lowest BCUT2D eigenvalue weighted by atomic mass is 10.2. The van der Waals surface area contributed by atoms with Gasteiger partial charge >= 0.3 is 0 Å². The van der Waals surface area contributed by atoms with E-state index in [9.17, 15) is 0 Å². The van der Waals surface area contributed by atoms with E-state index in [1.807, 2.05) is 30.3 Å². The third-order valence-electron chi connectivity index (χ3n) is 3.02. The molecule has 0 atom stereocenters. The SMILES string of the molecule is c1ccc(CN2CCN=C2N=Nc2cccnc2)cc1. The van der Waals surface area contributed by atoms with E-state index in [0.717, 1.165) is 25.3 Å². The first kappa shape index (κ1) is 12.5. The van der Waals surface area contributed by atoms with Crippen LogP contribution in [0.4, 0.5) is 5.69 Å². The highest BCUT2D eigenvalue weighted by Crippen LogP contribution is 2.13. The molecule has 0 amide bonds. The molecular formula is C15H15N5. The molecule has 0 N–H and O–H groups in total. The summed E-state index contributed by atoms with van der Waals surface area (Å²) in [5.41, 5.74) is 1.99. The van der Waals surface area contributed by atoms with Crippen LogP contribution in [0.5, 0.6) is 0 Å². The molecule has 1 aromatic carbocycles. The van der Waals surface area contributed by atoms with Crippen LogP contribution in [0.25, 0.3) is 0 Å². The van der Waals surface area contributed by atoms with Crippen LogP contribution < -0.4 is 0 Å². The summed E-state index contributed by atoms with van der Waals surface area (Å²) in [6, 6.07) is 14.0. The lowest BCUT2D eigenvalue weighted by molar-refractivity contribution is 0.446. The smallest absolute Gasteiger partial charge is 0.241 e. The van der Waals surface area contributed by atoms with E-state index < -0.39 is 0 Å². The van der Waals surface area contributed by atoms with Crippen molar-refractivity contribution in [2.24, 2.45) is 15.2 Å². The molecule has 0 radical (unpaired) electrons. The number of nitrogens with zero attached hydrogens (tertiary/aromatic N) is 5. The van der Waals surface area contributed by atoms with Crippen molar-refractivity contribution in [2.75, 3.05) is 13.1 Å². The minimum absolute atomic E-state index is 0.692. The van der Waals surface area contributed by atoms with Gasteiger partial charge in [0.05, 0.1) is 12.7 Å². The fraction of sp³-hybridized carbons (Fsp3) is 0.200. The Balaban J connectivity index is 1.68. The van der Waals surface area contributed by atoms with E-state index in [1.54, 1.807) is 12.4 Å². The Labute approximate surface area is 117 Å². The van der Waals surface area contributed by atoms with Crippen LogP contribution in [-0.4, -0.2) is 28.9 Å². The molecule has 3 rings (SSSR count). The molecule has 0 saturated heterocycles. The van der Waals surface area contributed by atoms with Gasteiger partial charge in [0.15, 0.2) is 0 Å². The summed E-state index contributed by atoms with van der Waals surface area (Å²) >= 11 is 0. The zero-order valence-electron chi connectivity index (χ0n) is 11.1. The monoisotopic (exact) mass is 265 g/mol. The molecule has 20 heavy (non-hydrogen) atoms. The van der Waals surface area contributed by atoms with Crippen LogP contribution in [0, 0.1) is 0 Å². The largest absolute Gasteiger partial charge is 0.334 e. The van der Waals surface area contributed by atoms with Gasteiger partial charge in [-0.05, 0) is 17.7 Å². The molecule has 0 fully saturated rings. The highest BCUT2D eigenvalue weighted by atomic mass is 15.4. The highest BCUT2D eigenvalue weighted by molar-refractivity contribution is 5.82. The zero-order chi connectivity index (χ0) is 13.6. The second kappa shape index (κ2) is 6.06. The van der Waals surface area contributed by atoms with Gasteiger partial charge in [0, 0.05) is 19.3 Å². The number of pyridine rings is 1. The van der Waals surface area contributed by atoms with Crippen molar-refractivity contribution in [3.63, 3.8) is 0 Å². The lowest BCUT2D eigenvalue weighted by Crippen LogP contribution is -2.25. The van der Waals surface area contributed by atoms with Gasteiger partial charge in [0.1, 0.15) is 5.69 Å². The zero-order valence-corrected chi connectivity index (χ0v) is 11.1. The van der Waals surface area contributed by atoms with Gasteiger partial charge in [-0.1, -0.05) is 30.3 Å². The summed E-state index contributed by atoms with van der Waals surface area (Å²) < 4.78 is 0. The fourth-order valence-electron chi connectivity index (χ4n) is 2.03. The molecule has 1 aromatic heterocycles. The molecule has 0 saturated carbocycles. The molecule has 1 aliphatic heterocycles. The summed E-state index contributed by atoms with van der Waals surface area (Å²) in [6.45, 7) is 2.47. The van der Waals surface area contributed by atoms with Gasteiger partial charge in [0.2, 0.25) is 5.96 Å². The van der Waals surface area contributed by atoms with Crippen molar-refractivity contribution < 1.29 is 0 Å². The number of guanidine groups is 1. The van der Waals surface area contributed by atoms with E-state index >= 15 is 0 Å². The molecule has 5 nitrogen and oxygen atoms in total. The molecule has 0 aliphatic carbocycles. The topological polar surface area (TPSA) is 53.2 Å². The molecule has 0 spiro atoms. The summed E-state index contributed by atoms with van der Waals surface area (Å²) in [7, 11) is 0. The molecule has 1 aliphatic rings. The van der Waals surface area contributed by atoms with Crippen LogP contribution in [0.15, 0.2) is 70.1 Å². The van der Waals surface area contributed by atoms with Gasteiger partial charge in [-0.25, -0.2) is 4.99 Å². The van der Waals surface area contributed by atoms with Crippen LogP contribution in [0.1, 0.15) is 5.56 Å². The Bertz CT molecular complexity index is 607. The Kier molecular flexibility index (Phi) is 3.78. The van der Waals surface area contributed by atoms with Crippen molar-refractivity contribution in [3.05, 3.63) is 60.4 Å². The van der Waals surface area contributed by atoms with Gasteiger partial charge in [-0.15, -0.1) is 10.2 Å². The molecule has 5 heteroatoms. The van der Waals surface area contributed by atoms with E-state index in [-0.39, 0.29) is 0 Å². The quantitative estimate of drug-likeness (QED) is 0.801. The maximum absolute atomic E-state index is 4.39. The number of aliphatic imine (C=N–C) groups is 1. The number of hydrogen-bond acceptors (Lipinski definition) is 5. The average Bonchev–Trinajstić information content (AvgIpc) is 2.94. The van der Waals surface area contributed by atoms with Crippen molar-refractivity contribution in [2.45, 2.75) is 6.54 Å². The number of rotatable bonds is 3. The normalized spacial score (nSPS) is 14.8. The number of aromatic nitrogens is 1. The Morgan fingerprint density at radius 2 is 1.95 bits per heavy atom. The van der Waals surface area contributed by atoms with E-state index in [1.165, 1.54) is 5.56 Å². The molecule has 100 valence electrons. The van der Waals surface area contributed by atoms with E-state index in [4.69, 9.17) is 0 Å². The Hall–Kier alpha value is -2.56. The summed E-state index contributed by atoms with van der Waals surface area (Å²) in [4.78, 5) is 10.5. The van der Waals surface area contributed by atoms with Crippen molar-refractivity contribution in [3.8, 4) is 0 Å². The second-order valence-electron chi connectivity index (χ2n) is 4.50. The summed E-state index contributed by atoms with van der Waals surface area (Å²) in [6.07, 6.45) is 3.40. The minimum Gasteiger partial charge on any atom is -0.334 e. The fourth-order valence-corrected chi connectivity index (χ4v) is 2.03. The predicted octanol–water partition coefficient (Wildman–Crippen LogP) is 3.04. The molecule has 0 unspecified atom stereocenters. The standard InChI is InChI=1S/C15H15N5/c1-2-5-13(6-3-1)12-20-10-9-17-15(20)19-18-14-7-4-8-16-11-14/h1-8,11H,9-10,12H2. The van der Waals surface area contributed by atoms with Gasteiger partial charge in [0.25, 0.3) is 0 Å². The van der Waals surface area contributed by atoms with Crippen LogP contribution >= 0.6 is 0 Å². The van der Waals surface area contributed by atoms with Gasteiger partial charge in [-0.2, -0.15) is 0 Å². The first-order valence-electron chi connectivity index (χ1n) is 6.57. The summed E-state index contributed by atoms with van der Waals surface area (Å²) in [5.74, 6) is 0.692. The summed E-state index contributed by atoms with van der Waals surface area (Å²) in [5, 5.41) is 8.40. The van der Waals surface area contributed by atoms with Crippen LogP contribution in [0.2, 0.25) is 0 Å². The molecular weight excluding hydrogens is 250 g/mol. The Morgan fingerprint density at radius 1 is 1.05 bits per heavy atom. The first-order chi connectivity index (χ1) is 9.92. The van der Waals surface area contributed by atoms with Crippen molar-refractivity contribution >= 4 is 11.6 Å². The van der Waals surface area contributed by atoms with E-state index in [2.05, 4.69) is 37.2 Å². The second-order valence-corrected chi connectivity index (χ2v) is 4.50. The van der Waals surface area contributed by atoms with Crippen LogP contribution in [-0.2, 0) is 6.54 Å². The average molecular weight is 265 g/mol. The number of azo groups is 1. The minimum atomic E-state index is 0.692. The maximum atomic E-state index is 4.39. The third-order valence-corrected chi connectivity index (χ3v) is 3.02. The highest BCUT2D eigenvalue weighted by Gasteiger charge is 2.16. The van der Waals surface area contributed by atoms with Crippen LogP contribution in [0.3, 0.4) is 0 Å².